The van der Waals surface area contributed by atoms with Gasteiger partial charge in [-0.25, -0.2) is 8.78 Å². The molecule has 0 aliphatic carbocycles. The van der Waals surface area contributed by atoms with Gasteiger partial charge in [0.2, 0.25) is 0 Å². The fourth-order valence-corrected chi connectivity index (χ4v) is 2.96. The van der Waals surface area contributed by atoms with Gasteiger partial charge in [0.25, 0.3) is 5.91 Å². The number of hydrogen-bond acceptors (Lipinski definition) is 3. The summed E-state index contributed by atoms with van der Waals surface area (Å²) in [6, 6.07) is 10.3. The van der Waals surface area contributed by atoms with Gasteiger partial charge in [-0.1, -0.05) is 0 Å². The Labute approximate surface area is 137 Å². The molecule has 1 aliphatic rings. The van der Waals surface area contributed by atoms with Crippen molar-refractivity contribution in [3.8, 4) is 6.07 Å². The Morgan fingerprint density at radius 3 is 2.58 bits per heavy atom. The van der Waals surface area contributed by atoms with Gasteiger partial charge >= 0.3 is 0 Å². The van der Waals surface area contributed by atoms with Gasteiger partial charge in [0.1, 0.15) is 11.6 Å². The van der Waals surface area contributed by atoms with E-state index in [0.717, 1.165) is 18.2 Å². The van der Waals surface area contributed by atoms with E-state index in [-0.39, 0.29) is 18.5 Å². The molecule has 4 nitrogen and oxygen atoms in total. The van der Waals surface area contributed by atoms with Crippen LogP contribution in [-0.4, -0.2) is 28.6 Å². The molecule has 3 rings (SSSR count). The number of hydrogen-bond donors (Lipinski definition) is 1. The SMILES string of the molecule is N#Cc1ccc(C(=O)N2C[C@H](O)C[C@H]2c2cc(F)ccc2F)cc1. The highest BCUT2D eigenvalue weighted by molar-refractivity contribution is 5.94. The van der Waals surface area contributed by atoms with Crippen LogP contribution in [0.1, 0.15) is 33.9 Å². The Balaban J connectivity index is 1.94. The third-order valence-electron chi connectivity index (χ3n) is 4.12. The van der Waals surface area contributed by atoms with E-state index < -0.39 is 29.7 Å². The van der Waals surface area contributed by atoms with Gasteiger partial charge in [-0.2, -0.15) is 5.26 Å². The van der Waals surface area contributed by atoms with Crippen molar-refractivity contribution in [1.29, 1.82) is 5.26 Å². The summed E-state index contributed by atoms with van der Waals surface area (Å²) in [5.41, 5.74) is 0.791. The second kappa shape index (κ2) is 6.38. The van der Waals surface area contributed by atoms with Crippen LogP contribution in [0.3, 0.4) is 0 Å². The normalized spacial score (nSPS) is 20.0. The molecule has 0 saturated carbocycles. The monoisotopic (exact) mass is 328 g/mol. The molecule has 1 amide bonds. The van der Waals surface area contributed by atoms with Gasteiger partial charge in [-0.3, -0.25) is 4.79 Å². The molecule has 2 atom stereocenters. The minimum atomic E-state index is -0.806. The molecule has 1 fully saturated rings. The summed E-state index contributed by atoms with van der Waals surface area (Å²) in [5, 5.41) is 18.7. The van der Waals surface area contributed by atoms with E-state index in [9.17, 15) is 18.7 Å². The van der Waals surface area contributed by atoms with Crippen LogP contribution in [0.2, 0.25) is 0 Å². The number of halogens is 2. The van der Waals surface area contributed by atoms with Crippen molar-refractivity contribution < 1.29 is 18.7 Å². The first-order valence-corrected chi connectivity index (χ1v) is 7.43. The largest absolute Gasteiger partial charge is 0.391 e. The zero-order valence-electron chi connectivity index (χ0n) is 12.6. The lowest BCUT2D eigenvalue weighted by Crippen LogP contribution is -2.32. The minimum Gasteiger partial charge on any atom is -0.391 e. The number of carbonyl (C=O) groups is 1. The number of carbonyl (C=O) groups excluding carboxylic acids is 1. The zero-order valence-corrected chi connectivity index (χ0v) is 12.6. The van der Waals surface area contributed by atoms with Crippen LogP contribution in [0.4, 0.5) is 8.78 Å². The topological polar surface area (TPSA) is 64.3 Å². The van der Waals surface area contributed by atoms with E-state index in [4.69, 9.17) is 5.26 Å². The number of nitrogens with zero attached hydrogens (tertiary/aromatic N) is 2. The van der Waals surface area contributed by atoms with Gasteiger partial charge in [0.05, 0.1) is 23.8 Å². The fourth-order valence-electron chi connectivity index (χ4n) is 2.96. The van der Waals surface area contributed by atoms with Gasteiger partial charge in [-0.05, 0) is 48.9 Å². The average molecular weight is 328 g/mol. The molecule has 0 aromatic heterocycles. The third-order valence-corrected chi connectivity index (χ3v) is 4.12. The molecule has 2 aromatic rings. The average Bonchev–Trinajstić information content (AvgIpc) is 2.98. The maximum absolute atomic E-state index is 14.1. The Bertz CT molecular complexity index is 815. The van der Waals surface area contributed by atoms with Crippen molar-refractivity contribution in [1.82, 2.24) is 4.90 Å². The van der Waals surface area contributed by atoms with Crippen LogP contribution in [-0.2, 0) is 0 Å². The van der Waals surface area contributed by atoms with E-state index in [0.29, 0.717) is 11.1 Å². The molecule has 6 heteroatoms. The molecule has 1 heterocycles. The Morgan fingerprint density at radius 2 is 1.92 bits per heavy atom. The predicted octanol–water partition coefficient (Wildman–Crippen LogP) is 2.78. The number of likely N-dealkylation sites (tertiary alicyclic amines) is 1. The molecule has 122 valence electrons. The van der Waals surface area contributed by atoms with Crippen molar-refractivity contribution in [2.75, 3.05) is 6.54 Å². The lowest BCUT2D eigenvalue weighted by molar-refractivity contribution is 0.0713. The molecule has 0 spiro atoms. The predicted molar refractivity (Wildman–Crippen MR) is 81.9 cm³/mol. The Kier molecular flexibility index (Phi) is 4.28. The first-order valence-electron chi connectivity index (χ1n) is 7.43. The second-order valence-corrected chi connectivity index (χ2v) is 5.72. The van der Waals surface area contributed by atoms with Gasteiger partial charge < -0.3 is 10.0 Å². The van der Waals surface area contributed by atoms with E-state index >= 15 is 0 Å². The molecule has 0 bridgehead atoms. The molecular formula is C18H14F2N2O2. The highest BCUT2D eigenvalue weighted by Gasteiger charge is 2.37. The number of nitriles is 1. The van der Waals surface area contributed by atoms with E-state index in [1.54, 1.807) is 0 Å². The van der Waals surface area contributed by atoms with Crippen molar-refractivity contribution in [2.45, 2.75) is 18.6 Å². The smallest absolute Gasteiger partial charge is 0.254 e. The fraction of sp³-hybridized carbons (Fsp3) is 0.222. The Morgan fingerprint density at radius 1 is 1.21 bits per heavy atom. The van der Waals surface area contributed by atoms with Gasteiger partial charge in [-0.15, -0.1) is 0 Å². The van der Waals surface area contributed by atoms with Gasteiger partial charge in [0, 0.05) is 17.7 Å². The number of benzene rings is 2. The van der Waals surface area contributed by atoms with Crippen molar-refractivity contribution in [3.05, 3.63) is 70.8 Å². The maximum atomic E-state index is 14.1. The van der Waals surface area contributed by atoms with Crippen molar-refractivity contribution in [2.24, 2.45) is 0 Å². The minimum absolute atomic E-state index is 0.0411. The van der Waals surface area contributed by atoms with Gasteiger partial charge in [0.15, 0.2) is 0 Å². The molecule has 24 heavy (non-hydrogen) atoms. The van der Waals surface area contributed by atoms with Crippen LogP contribution >= 0.6 is 0 Å². The second-order valence-electron chi connectivity index (χ2n) is 5.72. The Hall–Kier alpha value is -2.78. The number of aliphatic hydroxyl groups is 1. The molecule has 1 saturated heterocycles. The van der Waals surface area contributed by atoms with E-state index in [1.165, 1.54) is 29.2 Å². The summed E-state index contributed by atoms with van der Waals surface area (Å²) in [7, 11) is 0. The van der Waals surface area contributed by atoms with Crippen molar-refractivity contribution in [3.63, 3.8) is 0 Å². The summed E-state index contributed by atoms with van der Waals surface area (Å²) >= 11 is 0. The standard InChI is InChI=1S/C18H14F2N2O2/c19-13-5-6-16(20)15(7-13)17-8-14(23)10-22(17)18(24)12-3-1-11(9-21)2-4-12/h1-7,14,17,23H,8,10H2/t14-,17+/m1/s1. The first kappa shape index (κ1) is 16.1. The molecule has 0 unspecified atom stereocenters. The molecule has 0 radical (unpaired) electrons. The third kappa shape index (κ3) is 2.99. The number of amides is 1. The van der Waals surface area contributed by atoms with Crippen molar-refractivity contribution >= 4 is 5.91 Å². The molecule has 2 aromatic carbocycles. The maximum Gasteiger partial charge on any atom is 0.254 e. The summed E-state index contributed by atoms with van der Waals surface area (Å²) in [5.74, 6) is -1.61. The summed E-state index contributed by atoms with van der Waals surface area (Å²) < 4.78 is 27.5. The highest BCUT2D eigenvalue weighted by atomic mass is 19.1. The summed E-state index contributed by atoms with van der Waals surface area (Å²) in [6.45, 7) is 0.0411. The quantitative estimate of drug-likeness (QED) is 0.922. The first-order chi connectivity index (χ1) is 11.5. The molecule has 1 aliphatic heterocycles. The van der Waals surface area contributed by atoms with E-state index in [2.05, 4.69) is 0 Å². The summed E-state index contributed by atoms with van der Waals surface area (Å²) in [6.07, 6.45) is -0.664. The lowest BCUT2D eigenvalue weighted by Gasteiger charge is -2.25. The molecule has 1 N–H and O–H groups in total. The summed E-state index contributed by atoms with van der Waals surface area (Å²) in [4.78, 5) is 14.0. The van der Waals surface area contributed by atoms with Crippen LogP contribution in [0.15, 0.2) is 42.5 Å². The van der Waals surface area contributed by atoms with Crippen LogP contribution in [0, 0.1) is 23.0 Å². The number of aliphatic hydroxyl groups excluding tert-OH is 1. The van der Waals surface area contributed by atoms with Crippen LogP contribution in [0.25, 0.3) is 0 Å². The number of rotatable bonds is 2. The van der Waals surface area contributed by atoms with E-state index in [1.807, 2.05) is 6.07 Å². The molecular weight excluding hydrogens is 314 g/mol. The van der Waals surface area contributed by atoms with Crippen LogP contribution in [0.5, 0.6) is 0 Å². The lowest BCUT2D eigenvalue weighted by atomic mass is 10.0. The number of β-amino-alcohol motifs (C(OH)–C–C–N with tert-alkyl or cyclic N) is 1. The zero-order chi connectivity index (χ0) is 17.3. The highest BCUT2D eigenvalue weighted by Crippen LogP contribution is 2.35. The van der Waals surface area contributed by atoms with Crippen LogP contribution < -0.4 is 0 Å².